The van der Waals surface area contributed by atoms with Gasteiger partial charge < -0.3 is 0 Å². The Hall–Kier alpha value is -0.172. The van der Waals surface area contributed by atoms with Crippen molar-refractivity contribution in [2.45, 2.75) is 65.8 Å². The van der Waals surface area contributed by atoms with Crippen LogP contribution in [0.3, 0.4) is 0 Å². The summed E-state index contributed by atoms with van der Waals surface area (Å²) >= 11 is 0. The largest absolute Gasteiger partial charge is 0.101 e. The van der Waals surface area contributed by atoms with Crippen molar-refractivity contribution in [3.63, 3.8) is 0 Å². The summed E-state index contributed by atoms with van der Waals surface area (Å²) in [5.41, 5.74) is 5.54. The Morgan fingerprint density at radius 2 is 1.00 bits per heavy atom. The molecule has 1 aromatic rings. The molecular formula is C18H36Si4. The molecule has 0 radical (unpaired) electrons. The SMILES string of the molecule is Cc1ccc(/C=C/[Si]([Si](C)(C)C)([Si](C)(C)C)[Si](C)(C)C)cc1. The molecule has 0 fully saturated rings. The average Bonchev–Trinajstić information content (AvgIpc) is 2.26. The number of hydrogen-bond donors (Lipinski definition) is 0. The molecule has 0 aromatic heterocycles. The number of rotatable bonds is 5. The number of benzene rings is 1. The first kappa shape index (κ1) is 19.9. The molecule has 0 heterocycles. The van der Waals surface area contributed by atoms with Crippen molar-refractivity contribution in [2.24, 2.45) is 0 Å². The third kappa shape index (κ3) is 3.83. The summed E-state index contributed by atoms with van der Waals surface area (Å²) in [5.74, 6) is 0. The van der Waals surface area contributed by atoms with Gasteiger partial charge in [0.15, 0.2) is 0 Å². The minimum absolute atomic E-state index is 1.20. The monoisotopic (exact) mass is 364 g/mol. The summed E-state index contributed by atoms with van der Waals surface area (Å²) in [7, 11) is -3.59. The maximum atomic E-state index is 2.81. The topological polar surface area (TPSA) is 0 Å². The van der Waals surface area contributed by atoms with Crippen molar-refractivity contribution in [1.29, 1.82) is 0 Å². The second-order valence-corrected chi connectivity index (χ2v) is 50.3. The van der Waals surface area contributed by atoms with Crippen LogP contribution in [0.15, 0.2) is 30.0 Å². The summed E-state index contributed by atoms with van der Waals surface area (Å²) < 4.78 is 0. The van der Waals surface area contributed by atoms with E-state index < -0.39 is 29.4 Å². The third-order valence-corrected chi connectivity index (χ3v) is 76.2. The van der Waals surface area contributed by atoms with Crippen LogP contribution in [0, 0.1) is 6.92 Å². The predicted octanol–water partition coefficient (Wildman–Crippen LogP) is 6.25. The van der Waals surface area contributed by atoms with Crippen molar-refractivity contribution in [2.75, 3.05) is 0 Å². The van der Waals surface area contributed by atoms with Crippen LogP contribution in [0.4, 0.5) is 0 Å². The molecule has 0 spiro atoms. The van der Waals surface area contributed by atoms with Crippen molar-refractivity contribution in [3.8, 4) is 0 Å². The first-order valence-corrected chi connectivity index (χ1v) is 24.1. The highest BCUT2D eigenvalue weighted by molar-refractivity contribution is 7.90. The molecule has 0 aliphatic carbocycles. The van der Waals surface area contributed by atoms with Gasteiger partial charge in [0.2, 0.25) is 0 Å². The summed E-state index contributed by atoms with van der Waals surface area (Å²) in [6.45, 7) is 24.6. The lowest BCUT2D eigenvalue weighted by molar-refractivity contribution is 1.46. The van der Waals surface area contributed by atoms with Crippen LogP contribution in [0.5, 0.6) is 0 Å². The molecule has 0 saturated carbocycles. The fraction of sp³-hybridized carbons (Fsp3) is 0.556. The van der Waals surface area contributed by atoms with Gasteiger partial charge in [-0.05, 0) is 12.5 Å². The van der Waals surface area contributed by atoms with E-state index in [2.05, 4.69) is 102 Å². The minimum atomic E-state index is -1.36. The van der Waals surface area contributed by atoms with Crippen LogP contribution < -0.4 is 0 Å². The summed E-state index contributed by atoms with van der Waals surface area (Å²) in [6.07, 6.45) is 2.49. The van der Waals surface area contributed by atoms with E-state index in [1.807, 2.05) is 0 Å². The van der Waals surface area contributed by atoms with Gasteiger partial charge in [0.25, 0.3) is 0 Å². The van der Waals surface area contributed by atoms with Crippen LogP contribution in [-0.2, 0) is 0 Å². The van der Waals surface area contributed by atoms with E-state index in [1.54, 1.807) is 0 Å². The van der Waals surface area contributed by atoms with Crippen molar-refractivity contribution in [3.05, 3.63) is 41.1 Å². The average molecular weight is 365 g/mol. The lowest BCUT2D eigenvalue weighted by Gasteiger charge is -2.55. The second kappa shape index (κ2) is 6.38. The maximum absolute atomic E-state index is 2.81. The lowest BCUT2D eigenvalue weighted by Crippen LogP contribution is -2.81. The highest BCUT2D eigenvalue weighted by Crippen LogP contribution is 2.38. The van der Waals surface area contributed by atoms with Crippen LogP contribution in [0.1, 0.15) is 11.1 Å². The van der Waals surface area contributed by atoms with E-state index in [0.29, 0.717) is 0 Å². The first-order chi connectivity index (χ1) is 9.72. The van der Waals surface area contributed by atoms with Gasteiger partial charge in [-0.3, -0.25) is 0 Å². The zero-order valence-corrected chi connectivity index (χ0v) is 20.5. The van der Waals surface area contributed by atoms with Gasteiger partial charge in [-0.15, -0.1) is 5.70 Å². The molecule has 0 bridgehead atoms. The molecule has 0 N–H and O–H groups in total. The van der Waals surface area contributed by atoms with E-state index in [4.69, 9.17) is 0 Å². The van der Waals surface area contributed by atoms with E-state index >= 15 is 0 Å². The molecule has 0 amide bonds. The Balaban J connectivity index is 3.48. The Labute approximate surface area is 142 Å². The predicted molar refractivity (Wildman–Crippen MR) is 116 cm³/mol. The standard InChI is InChI=1S/C18H36Si4/c1-17-11-13-18(14-12-17)15-16-22(19(2,3)4,20(5,6)7)21(8,9)10/h11-16H,1-10H3/b16-15+. The molecule has 4 heteroatoms. The fourth-order valence-electron chi connectivity index (χ4n) is 5.02. The van der Waals surface area contributed by atoms with Gasteiger partial charge in [-0.2, -0.15) is 0 Å². The van der Waals surface area contributed by atoms with Gasteiger partial charge >= 0.3 is 0 Å². The molecule has 1 rings (SSSR count). The lowest BCUT2D eigenvalue weighted by atomic mass is 10.2. The van der Waals surface area contributed by atoms with Gasteiger partial charge in [-0.1, -0.05) is 94.8 Å². The summed E-state index contributed by atoms with van der Waals surface area (Å²) in [6, 6.07) is 9.04. The first-order valence-electron chi connectivity index (χ1n) is 8.48. The number of aryl methyl sites for hydroxylation is 1. The highest BCUT2D eigenvalue weighted by atomic mass is 29.9. The zero-order valence-electron chi connectivity index (χ0n) is 16.5. The quantitative estimate of drug-likeness (QED) is 0.542. The van der Waals surface area contributed by atoms with Crippen molar-refractivity contribution >= 4 is 35.5 Å². The molecule has 0 nitrogen and oxygen atoms in total. The Morgan fingerprint density at radius 1 is 0.636 bits per heavy atom. The molecular weight excluding hydrogens is 329 g/mol. The van der Waals surface area contributed by atoms with Gasteiger partial charge in [0.05, 0.1) is 6.63 Å². The second-order valence-electron chi connectivity index (χ2n) is 9.80. The Morgan fingerprint density at radius 3 is 1.32 bits per heavy atom. The Kier molecular flexibility index (Phi) is 5.76. The molecule has 0 saturated heterocycles. The van der Waals surface area contributed by atoms with E-state index in [-0.39, 0.29) is 0 Å². The molecule has 1 aromatic carbocycles. The van der Waals surface area contributed by atoms with Crippen LogP contribution in [0.2, 0.25) is 58.9 Å². The Bertz CT molecular complexity index is 486. The number of hydrogen-bond acceptors (Lipinski definition) is 0. The van der Waals surface area contributed by atoms with Crippen molar-refractivity contribution in [1.82, 2.24) is 0 Å². The maximum Gasteiger partial charge on any atom is 0.0598 e. The van der Waals surface area contributed by atoms with E-state index in [1.165, 1.54) is 11.1 Å². The van der Waals surface area contributed by atoms with E-state index in [9.17, 15) is 0 Å². The fourth-order valence-corrected chi connectivity index (χ4v) is 100.0. The molecule has 0 unspecified atom stereocenters. The molecule has 0 aliphatic heterocycles. The van der Waals surface area contributed by atoms with E-state index in [0.717, 1.165) is 0 Å². The van der Waals surface area contributed by atoms with Crippen LogP contribution in [-0.4, -0.2) is 29.4 Å². The third-order valence-electron chi connectivity index (χ3n) is 5.15. The molecule has 0 atom stereocenters. The highest BCUT2D eigenvalue weighted by Gasteiger charge is 2.59. The summed E-state index contributed by atoms with van der Waals surface area (Å²) in [4.78, 5) is 0. The molecule has 22 heavy (non-hydrogen) atoms. The minimum Gasteiger partial charge on any atom is -0.101 e. The van der Waals surface area contributed by atoms with Crippen LogP contribution in [0.25, 0.3) is 6.08 Å². The zero-order chi connectivity index (χ0) is 17.4. The van der Waals surface area contributed by atoms with Gasteiger partial charge in [0.1, 0.15) is 0 Å². The van der Waals surface area contributed by atoms with Gasteiger partial charge in [0, 0.05) is 22.8 Å². The normalized spacial score (nSPS) is 14.6. The van der Waals surface area contributed by atoms with Crippen molar-refractivity contribution < 1.29 is 0 Å². The molecule has 124 valence electrons. The van der Waals surface area contributed by atoms with Crippen LogP contribution >= 0.6 is 0 Å². The smallest absolute Gasteiger partial charge is 0.0598 e. The van der Waals surface area contributed by atoms with Gasteiger partial charge in [-0.25, -0.2) is 0 Å². The molecule has 0 aliphatic rings. The summed E-state index contributed by atoms with van der Waals surface area (Å²) in [5, 5.41) is 0.